The van der Waals surface area contributed by atoms with E-state index in [0.717, 1.165) is 23.3 Å². The lowest BCUT2D eigenvalue weighted by Gasteiger charge is -2.17. The van der Waals surface area contributed by atoms with Crippen LogP contribution in [0.3, 0.4) is 0 Å². The highest BCUT2D eigenvalue weighted by atomic mass is 16.6. The van der Waals surface area contributed by atoms with Crippen LogP contribution in [0.1, 0.15) is 46.6 Å². The molecular weight excluding hydrogens is 734 g/mol. The van der Waals surface area contributed by atoms with E-state index in [4.69, 9.17) is 18.9 Å². The molecule has 1 unspecified atom stereocenters. The van der Waals surface area contributed by atoms with Crippen LogP contribution in [0.25, 0.3) is 0 Å². The van der Waals surface area contributed by atoms with Gasteiger partial charge >= 0.3 is 5.97 Å². The second-order valence-electron chi connectivity index (χ2n) is 12.4. The lowest BCUT2D eigenvalue weighted by atomic mass is 10.1. The topological polar surface area (TPSA) is 257 Å². The Morgan fingerprint density at radius 1 is 0.786 bits per heavy atom. The maximum Gasteiger partial charge on any atom is 0.328 e. The molecule has 1 atom stereocenters. The Morgan fingerprint density at radius 3 is 1.98 bits per heavy atom. The van der Waals surface area contributed by atoms with Crippen molar-refractivity contribution < 1.29 is 57.9 Å². The number of aromatic nitrogens is 2. The molecule has 6 N–H and O–H groups in total. The number of aryl methyl sites for hydroxylation is 3. The van der Waals surface area contributed by atoms with Gasteiger partial charge in [0.2, 0.25) is 17.8 Å². The first-order chi connectivity index (χ1) is 26.9. The molecular formula is C37H51N7O12. The molecule has 0 saturated carbocycles. The molecule has 0 radical (unpaired) electrons. The molecule has 1 aliphatic heterocycles. The van der Waals surface area contributed by atoms with Gasteiger partial charge in [-0.2, -0.15) is 0 Å². The van der Waals surface area contributed by atoms with Crippen molar-refractivity contribution in [2.75, 3.05) is 84.4 Å². The highest BCUT2D eigenvalue weighted by Gasteiger charge is 2.25. The molecule has 0 aliphatic carbocycles. The predicted molar refractivity (Wildman–Crippen MR) is 200 cm³/mol. The molecule has 3 rings (SSSR count). The molecule has 0 fully saturated rings. The number of carboxylic acids is 1. The number of carbonyl (C=O) groups excluding carboxylic acids is 5. The fraction of sp³-hybridized carbons (Fsp3) is 0.514. The number of nitrogens with one attached hydrogen (secondary N) is 4. The van der Waals surface area contributed by atoms with Gasteiger partial charge in [-0.1, -0.05) is 12.1 Å². The monoisotopic (exact) mass is 785 g/mol. The molecule has 1 aromatic carbocycles. The summed E-state index contributed by atoms with van der Waals surface area (Å²) in [6.07, 6.45) is 3.81. The van der Waals surface area contributed by atoms with Crippen LogP contribution in [0.5, 0.6) is 5.75 Å². The van der Waals surface area contributed by atoms with Crippen molar-refractivity contribution in [1.29, 1.82) is 0 Å². The van der Waals surface area contributed by atoms with Crippen LogP contribution in [0.15, 0.2) is 36.4 Å². The second kappa shape index (κ2) is 24.8. The molecule has 2 aromatic rings. The Balaban J connectivity index is 1.17. The minimum atomic E-state index is -1.39. The summed E-state index contributed by atoms with van der Waals surface area (Å²) in [5.74, 6) is -3.06. The molecule has 56 heavy (non-hydrogen) atoms. The number of amides is 5. The first-order valence-corrected chi connectivity index (χ1v) is 18.2. The lowest BCUT2D eigenvalue weighted by molar-refractivity contribution is -0.140. The van der Waals surface area contributed by atoms with E-state index in [-0.39, 0.29) is 76.1 Å². The number of nitrogens with zero attached hydrogens (tertiary/aromatic N) is 3. The SMILES string of the molecule is Cc1nc(NCCCc2cccc(O)c2)nc(C)c1C(=O)NC(CNC(=O)CCOCCOCCOCCOCCNC(=O)CCN1C(=O)C=CC1=O)C(=O)O. The van der Waals surface area contributed by atoms with Crippen molar-refractivity contribution in [1.82, 2.24) is 30.8 Å². The average Bonchev–Trinajstić information content (AvgIpc) is 3.47. The average molecular weight is 786 g/mol. The van der Waals surface area contributed by atoms with Crippen molar-refractivity contribution in [2.24, 2.45) is 0 Å². The number of benzene rings is 1. The van der Waals surface area contributed by atoms with Gasteiger partial charge in [-0.15, -0.1) is 0 Å². The van der Waals surface area contributed by atoms with Gasteiger partial charge in [0.05, 0.1) is 69.8 Å². The van der Waals surface area contributed by atoms with Crippen LogP contribution < -0.4 is 21.3 Å². The Hall–Kier alpha value is -5.50. The van der Waals surface area contributed by atoms with Crippen LogP contribution in [0.4, 0.5) is 5.95 Å². The van der Waals surface area contributed by atoms with Crippen LogP contribution >= 0.6 is 0 Å². The fourth-order valence-electron chi connectivity index (χ4n) is 5.21. The van der Waals surface area contributed by atoms with Gasteiger partial charge in [0, 0.05) is 51.2 Å². The van der Waals surface area contributed by atoms with Gasteiger partial charge in [-0.25, -0.2) is 14.8 Å². The molecule has 5 amide bonds. The molecule has 0 spiro atoms. The third-order valence-corrected chi connectivity index (χ3v) is 8.06. The summed E-state index contributed by atoms with van der Waals surface area (Å²) in [6, 6.07) is 5.63. The van der Waals surface area contributed by atoms with Crippen molar-refractivity contribution in [3.05, 3.63) is 58.9 Å². The molecule has 1 aliphatic rings. The van der Waals surface area contributed by atoms with Gasteiger partial charge < -0.3 is 50.4 Å². The van der Waals surface area contributed by atoms with E-state index in [0.29, 0.717) is 50.3 Å². The van der Waals surface area contributed by atoms with E-state index in [2.05, 4.69) is 31.2 Å². The zero-order valence-corrected chi connectivity index (χ0v) is 31.7. The van der Waals surface area contributed by atoms with E-state index in [9.17, 15) is 39.0 Å². The summed E-state index contributed by atoms with van der Waals surface area (Å²) in [4.78, 5) is 81.6. The summed E-state index contributed by atoms with van der Waals surface area (Å²) in [6.45, 7) is 5.89. The Kier molecular flexibility index (Phi) is 19.9. The summed E-state index contributed by atoms with van der Waals surface area (Å²) in [5.41, 5.74) is 1.86. The van der Waals surface area contributed by atoms with E-state index in [1.807, 2.05) is 6.07 Å². The summed E-state index contributed by atoms with van der Waals surface area (Å²) in [5, 5.41) is 30.0. The molecule has 0 saturated heterocycles. The third kappa shape index (κ3) is 16.9. The number of carbonyl (C=O) groups is 6. The number of aliphatic carboxylic acids is 1. The third-order valence-electron chi connectivity index (χ3n) is 8.06. The highest BCUT2D eigenvalue weighted by molar-refractivity contribution is 6.13. The maximum absolute atomic E-state index is 13.0. The number of anilines is 1. The summed E-state index contributed by atoms with van der Waals surface area (Å²) >= 11 is 0. The van der Waals surface area contributed by atoms with E-state index in [1.165, 1.54) is 12.2 Å². The molecule has 0 bridgehead atoms. The number of hydrogen-bond donors (Lipinski definition) is 6. The second-order valence-corrected chi connectivity index (χ2v) is 12.4. The Labute approximate surface area is 324 Å². The van der Waals surface area contributed by atoms with Crippen molar-refractivity contribution in [3.8, 4) is 5.75 Å². The van der Waals surface area contributed by atoms with Crippen LogP contribution in [-0.4, -0.2) is 146 Å². The first kappa shape index (κ1) is 44.9. The van der Waals surface area contributed by atoms with Gasteiger partial charge in [-0.3, -0.25) is 28.9 Å². The van der Waals surface area contributed by atoms with E-state index >= 15 is 0 Å². The number of aromatic hydroxyl groups is 1. The number of ether oxygens (including phenoxy) is 4. The highest BCUT2D eigenvalue weighted by Crippen LogP contribution is 2.15. The molecule has 19 nitrogen and oxygen atoms in total. The number of phenolic OH excluding ortho intramolecular Hbond substituents is 1. The van der Waals surface area contributed by atoms with Gasteiger partial charge in [0.15, 0.2) is 0 Å². The van der Waals surface area contributed by atoms with E-state index in [1.54, 1.807) is 32.0 Å². The standard InChI is InChI=1S/C37H51N7O12/c1-25-34(26(2)42-37(41-25)39-12-4-6-27-5-3-7-28(45)23-27)35(50)43-29(36(51)52)24-40-31(47)11-15-53-17-19-55-21-22-56-20-18-54-16-13-38-30(46)10-14-44-32(48)8-9-33(44)49/h3,5,7-9,23,29,45H,4,6,10-22,24H2,1-2H3,(H,38,46)(H,40,47)(H,43,50)(H,51,52)(H,39,41,42). The van der Waals surface area contributed by atoms with Crippen molar-refractivity contribution in [2.45, 2.75) is 45.6 Å². The normalized spacial score (nSPS) is 12.8. The minimum Gasteiger partial charge on any atom is -0.508 e. The molecule has 1 aromatic heterocycles. The van der Waals surface area contributed by atoms with Crippen LogP contribution in [0, 0.1) is 13.8 Å². The summed E-state index contributed by atoms with van der Waals surface area (Å²) < 4.78 is 21.6. The fourth-order valence-corrected chi connectivity index (χ4v) is 5.21. The predicted octanol–water partition coefficient (Wildman–Crippen LogP) is 0.0307. The molecule has 19 heteroatoms. The van der Waals surface area contributed by atoms with Crippen LogP contribution in [-0.2, 0) is 49.3 Å². The van der Waals surface area contributed by atoms with Gasteiger partial charge in [0.25, 0.3) is 17.7 Å². The Bertz CT molecular complexity index is 1630. The summed E-state index contributed by atoms with van der Waals surface area (Å²) in [7, 11) is 0. The lowest BCUT2D eigenvalue weighted by Crippen LogP contribution is -2.48. The zero-order valence-electron chi connectivity index (χ0n) is 31.7. The molecule has 2 heterocycles. The minimum absolute atomic E-state index is 0.0134. The van der Waals surface area contributed by atoms with Crippen LogP contribution in [0.2, 0.25) is 0 Å². The van der Waals surface area contributed by atoms with E-state index < -0.39 is 35.6 Å². The zero-order chi connectivity index (χ0) is 40.7. The first-order valence-electron chi connectivity index (χ1n) is 18.2. The van der Waals surface area contributed by atoms with Gasteiger partial charge in [-0.05, 0) is 44.4 Å². The Morgan fingerprint density at radius 2 is 1.38 bits per heavy atom. The quantitative estimate of drug-likeness (QED) is 0.0492. The molecule has 306 valence electrons. The van der Waals surface area contributed by atoms with Crippen molar-refractivity contribution >= 4 is 41.5 Å². The number of rotatable bonds is 28. The number of phenols is 1. The number of hydrogen-bond acceptors (Lipinski definition) is 14. The number of carboxylic acid groups (broad SMARTS) is 1. The number of imide groups is 1. The van der Waals surface area contributed by atoms with Gasteiger partial charge in [0.1, 0.15) is 11.8 Å². The largest absolute Gasteiger partial charge is 0.508 e. The smallest absolute Gasteiger partial charge is 0.328 e. The van der Waals surface area contributed by atoms with Crippen molar-refractivity contribution in [3.63, 3.8) is 0 Å². The maximum atomic E-state index is 13.0.